The number of thiol groups is 1. The van der Waals surface area contributed by atoms with E-state index in [-0.39, 0.29) is 11.3 Å². The molecule has 7 nitrogen and oxygen atoms in total. The van der Waals surface area contributed by atoms with E-state index in [0.717, 1.165) is 43.9 Å². The highest BCUT2D eigenvalue weighted by atomic mass is 32.1. The van der Waals surface area contributed by atoms with E-state index in [1.165, 1.54) is 5.56 Å². The summed E-state index contributed by atoms with van der Waals surface area (Å²) < 4.78 is 7.54. The molecule has 0 N–H and O–H groups in total. The lowest BCUT2D eigenvalue weighted by Crippen LogP contribution is -2.49. The molecule has 0 spiro atoms. The van der Waals surface area contributed by atoms with Crippen LogP contribution < -0.4 is 4.74 Å². The number of ether oxygens (including phenoxy) is 1. The molecule has 0 aliphatic carbocycles. The van der Waals surface area contributed by atoms with Crippen LogP contribution in [0, 0.1) is 0 Å². The van der Waals surface area contributed by atoms with Crippen LogP contribution in [0.25, 0.3) is 0 Å². The Bertz CT molecular complexity index is 1000. The second-order valence-corrected chi connectivity index (χ2v) is 8.55. The van der Waals surface area contributed by atoms with Crippen LogP contribution in [0.5, 0.6) is 5.75 Å². The summed E-state index contributed by atoms with van der Waals surface area (Å²) in [5.74, 6) is 1.41. The third-order valence-corrected chi connectivity index (χ3v) is 6.33. The zero-order valence-electron chi connectivity index (χ0n) is 18.3. The van der Waals surface area contributed by atoms with Gasteiger partial charge in [0.05, 0.1) is 5.25 Å². The molecule has 0 saturated carbocycles. The molecular weight excluding hydrogens is 422 g/mol. The lowest BCUT2D eigenvalue weighted by Gasteiger charge is -2.34. The summed E-state index contributed by atoms with van der Waals surface area (Å²) in [6.07, 6.45) is 9.21. The molecule has 1 fully saturated rings. The number of hydrogen-bond acceptors (Lipinski definition) is 6. The summed E-state index contributed by atoms with van der Waals surface area (Å²) in [4.78, 5) is 25.3. The van der Waals surface area contributed by atoms with Crippen molar-refractivity contribution in [2.45, 2.75) is 18.1 Å². The second-order valence-electron chi connectivity index (χ2n) is 8.03. The summed E-state index contributed by atoms with van der Waals surface area (Å²) >= 11 is 4.68. The fourth-order valence-electron chi connectivity index (χ4n) is 3.88. The van der Waals surface area contributed by atoms with Gasteiger partial charge in [-0.3, -0.25) is 9.88 Å². The molecule has 1 amide bonds. The topological polar surface area (TPSA) is 63.5 Å². The van der Waals surface area contributed by atoms with Crippen molar-refractivity contribution in [3.8, 4) is 5.75 Å². The van der Waals surface area contributed by atoms with Gasteiger partial charge in [0.15, 0.2) is 0 Å². The zero-order chi connectivity index (χ0) is 22.3. The van der Waals surface area contributed by atoms with Gasteiger partial charge in [0.1, 0.15) is 11.6 Å². The summed E-state index contributed by atoms with van der Waals surface area (Å²) in [5.41, 5.74) is 2.27. The SMILES string of the molecule is Cn1ccnc1C(S)c1ccc(OC(=O)N2CCN(CCCc3cccnc3)CC2)cc1. The Hall–Kier alpha value is -2.84. The van der Waals surface area contributed by atoms with Crippen molar-refractivity contribution >= 4 is 18.7 Å². The Morgan fingerprint density at radius 3 is 2.56 bits per heavy atom. The highest BCUT2D eigenvalue weighted by Gasteiger charge is 2.22. The van der Waals surface area contributed by atoms with Crippen molar-refractivity contribution in [3.05, 3.63) is 78.1 Å². The number of benzene rings is 1. The number of nitrogens with zero attached hydrogens (tertiary/aromatic N) is 5. The van der Waals surface area contributed by atoms with E-state index in [1.807, 2.05) is 54.3 Å². The number of imidazole rings is 1. The smallest absolute Gasteiger partial charge is 0.410 e. The first kappa shape index (κ1) is 22.4. The molecule has 1 atom stereocenters. The predicted octanol–water partition coefficient (Wildman–Crippen LogP) is 3.58. The Kier molecular flexibility index (Phi) is 7.44. The first-order valence-electron chi connectivity index (χ1n) is 10.9. The van der Waals surface area contributed by atoms with Gasteiger partial charge in [-0.1, -0.05) is 18.2 Å². The minimum atomic E-state index is -0.292. The van der Waals surface area contributed by atoms with Crippen molar-refractivity contribution in [2.24, 2.45) is 7.05 Å². The van der Waals surface area contributed by atoms with E-state index in [0.29, 0.717) is 18.8 Å². The molecule has 1 saturated heterocycles. The van der Waals surface area contributed by atoms with Gasteiger partial charge in [-0.15, -0.1) is 0 Å². The van der Waals surface area contributed by atoms with Gasteiger partial charge in [0.25, 0.3) is 0 Å². The van der Waals surface area contributed by atoms with Crippen LogP contribution in [-0.2, 0) is 13.5 Å². The van der Waals surface area contributed by atoms with Crippen molar-refractivity contribution in [1.82, 2.24) is 24.3 Å². The highest BCUT2D eigenvalue weighted by molar-refractivity contribution is 7.80. The van der Waals surface area contributed by atoms with Crippen molar-refractivity contribution in [2.75, 3.05) is 32.7 Å². The van der Waals surface area contributed by atoms with Crippen molar-refractivity contribution < 1.29 is 9.53 Å². The number of carbonyl (C=O) groups excluding carboxylic acids is 1. The quantitative estimate of drug-likeness (QED) is 0.557. The Labute approximate surface area is 194 Å². The molecular formula is C24H29N5O2S. The molecule has 32 heavy (non-hydrogen) atoms. The number of aryl methyl sites for hydroxylation is 2. The molecule has 4 rings (SSSR count). The summed E-state index contributed by atoms with van der Waals surface area (Å²) in [5, 5.41) is -0.133. The van der Waals surface area contributed by atoms with Gasteiger partial charge >= 0.3 is 6.09 Å². The van der Waals surface area contributed by atoms with E-state index >= 15 is 0 Å². The van der Waals surface area contributed by atoms with Gasteiger partial charge in [0, 0.05) is 58.0 Å². The molecule has 0 bridgehead atoms. The average Bonchev–Trinajstić information content (AvgIpc) is 3.26. The summed E-state index contributed by atoms with van der Waals surface area (Å²) in [6.45, 7) is 4.13. The van der Waals surface area contributed by atoms with Crippen LogP contribution in [-0.4, -0.2) is 63.2 Å². The van der Waals surface area contributed by atoms with Crippen molar-refractivity contribution in [3.63, 3.8) is 0 Å². The predicted molar refractivity (Wildman–Crippen MR) is 127 cm³/mol. The third kappa shape index (κ3) is 5.69. The number of aromatic nitrogens is 3. The van der Waals surface area contributed by atoms with Gasteiger partial charge in [0.2, 0.25) is 0 Å². The number of piperazine rings is 1. The maximum absolute atomic E-state index is 12.6. The summed E-state index contributed by atoms with van der Waals surface area (Å²) in [7, 11) is 1.95. The van der Waals surface area contributed by atoms with Crippen LogP contribution in [0.3, 0.4) is 0 Å². The normalized spacial score (nSPS) is 15.5. The van der Waals surface area contributed by atoms with E-state index in [9.17, 15) is 4.79 Å². The van der Waals surface area contributed by atoms with E-state index in [4.69, 9.17) is 4.74 Å². The van der Waals surface area contributed by atoms with Gasteiger partial charge < -0.3 is 14.2 Å². The largest absolute Gasteiger partial charge is 0.415 e. The molecule has 0 radical (unpaired) electrons. The average molecular weight is 452 g/mol. The fraction of sp³-hybridized carbons (Fsp3) is 0.375. The van der Waals surface area contributed by atoms with Crippen LogP contribution >= 0.6 is 12.6 Å². The zero-order valence-corrected chi connectivity index (χ0v) is 19.2. The molecule has 1 aromatic carbocycles. The Morgan fingerprint density at radius 2 is 1.91 bits per heavy atom. The molecule has 1 aliphatic rings. The molecule has 1 unspecified atom stereocenters. The first-order valence-corrected chi connectivity index (χ1v) is 11.4. The molecule has 168 valence electrons. The number of rotatable bonds is 7. The number of pyridine rings is 1. The lowest BCUT2D eigenvalue weighted by molar-refractivity contribution is 0.110. The Morgan fingerprint density at radius 1 is 1.12 bits per heavy atom. The molecule has 2 aromatic heterocycles. The van der Waals surface area contributed by atoms with Crippen LogP contribution in [0.2, 0.25) is 0 Å². The van der Waals surface area contributed by atoms with Gasteiger partial charge in [-0.25, -0.2) is 9.78 Å². The molecule has 8 heteroatoms. The second kappa shape index (κ2) is 10.7. The van der Waals surface area contributed by atoms with Crippen LogP contribution in [0.1, 0.15) is 28.6 Å². The number of hydrogen-bond donors (Lipinski definition) is 1. The maximum atomic E-state index is 12.6. The molecule has 3 aromatic rings. The van der Waals surface area contributed by atoms with Crippen LogP contribution in [0.4, 0.5) is 4.79 Å². The third-order valence-electron chi connectivity index (χ3n) is 5.80. The Balaban J connectivity index is 1.21. The molecule has 1 aliphatic heterocycles. The van der Waals surface area contributed by atoms with Crippen molar-refractivity contribution in [1.29, 1.82) is 0 Å². The highest BCUT2D eigenvalue weighted by Crippen LogP contribution is 2.28. The van der Waals surface area contributed by atoms with E-state index in [2.05, 4.69) is 33.6 Å². The lowest BCUT2D eigenvalue weighted by atomic mass is 10.1. The van der Waals surface area contributed by atoms with Crippen LogP contribution in [0.15, 0.2) is 61.2 Å². The summed E-state index contributed by atoms with van der Waals surface area (Å²) in [6, 6.07) is 11.6. The minimum Gasteiger partial charge on any atom is -0.410 e. The minimum absolute atomic E-state index is 0.133. The molecule has 3 heterocycles. The monoisotopic (exact) mass is 451 g/mol. The number of carbonyl (C=O) groups is 1. The first-order chi connectivity index (χ1) is 15.6. The number of amides is 1. The van der Waals surface area contributed by atoms with Gasteiger partial charge in [-0.05, 0) is 48.7 Å². The van der Waals surface area contributed by atoms with E-state index < -0.39 is 0 Å². The van der Waals surface area contributed by atoms with E-state index in [1.54, 1.807) is 17.3 Å². The standard InChI is InChI=1S/C24H29N5O2S/c1-27-13-11-26-23(27)22(32)20-6-8-21(9-7-20)31-24(30)29-16-14-28(15-17-29)12-3-5-19-4-2-10-25-18-19/h2,4,6-11,13,18,22,32H,3,5,12,14-17H2,1H3. The fourth-order valence-corrected chi connectivity index (χ4v) is 4.30. The maximum Gasteiger partial charge on any atom is 0.415 e. The van der Waals surface area contributed by atoms with Gasteiger partial charge in [-0.2, -0.15) is 12.6 Å².